The van der Waals surface area contributed by atoms with Gasteiger partial charge in [0.05, 0.1) is 18.5 Å². The van der Waals surface area contributed by atoms with Crippen LogP contribution in [0.15, 0.2) is 18.7 Å². The Balaban J connectivity index is 2.04. The number of methoxy groups -OCH3 is 1. The molecule has 0 saturated carbocycles. The van der Waals surface area contributed by atoms with Gasteiger partial charge >= 0.3 is 0 Å². The van der Waals surface area contributed by atoms with Crippen molar-refractivity contribution in [3.05, 3.63) is 18.7 Å². The van der Waals surface area contributed by atoms with Crippen molar-refractivity contribution in [3.8, 4) is 0 Å². The Morgan fingerprint density at radius 1 is 1.53 bits per heavy atom. The van der Waals surface area contributed by atoms with Crippen molar-refractivity contribution >= 4 is 0 Å². The van der Waals surface area contributed by atoms with E-state index < -0.39 is 0 Å². The van der Waals surface area contributed by atoms with Crippen LogP contribution in [0.5, 0.6) is 0 Å². The van der Waals surface area contributed by atoms with Gasteiger partial charge in [-0.3, -0.25) is 4.90 Å². The van der Waals surface area contributed by atoms with E-state index in [1.54, 1.807) is 13.3 Å². The highest BCUT2D eigenvalue weighted by Gasteiger charge is 2.33. The lowest BCUT2D eigenvalue weighted by Crippen LogP contribution is -2.28. The van der Waals surface area contributed by atoms with Crippen LogP contribution in [0.2, 0.25) is 0 Å². The largest absolute Gasteiger partial charge is 0.378 e. The predicted molar refractivity (Wildman–Crippen MR) is 57.6 cm³/mol. The molecule has 0 radical (unpaired) electrons. The van der Waals surface area contributed by atoms with Crippen molar-refractivity contribution in [2.75, 3.05) is 33.3 Å². The third-order valence-electron chi connectivity index (χ3n) is 2.97. The van der Waals surface area contributed by atoms with Gasteiger partial charge in [0, 0.05) is 45.7 Å². The predicted octanol–water partition coefficient (Wildman–Crippen LogP) is -0.286. The van der Waals surface area contributed by atoms with Gasteiger partial charge in [-0.15, -0.1) is 0 Å². The molecule has 5 heteroatoms. The second kappa shape index (κ2) is 4.74. The number of ether oxygens (including phenoxy) is 1. The van der Waals surface area contributed by atoms with Crippen molar-refractivity contribution in [1.29, 1.82) is 0 Å². The first-order valence-electron chi connectivity index (χ1n) is 5.28. The van der Waals surface area contributed by atoms with Crippen LogP contribution in [0.3, 0.4) is 0 Å². The minimum absolute atomic E-state index is 0.241. The summed E-state index contributed by atoms with van der Waals surface area (Å²) in [6.45, 7) is 3.58. The monoisotopic (exact) mass is 210 g/mol. The van der Waals surface area contributed by atoms with Gasteiger partial charge in [0.2, 0.25) is 0 Å². The zero-order chi connectivity index (χ0) is 10.7. The normalized spacial score (nSPS) is 27.3. The standard InChI is InChI=1S/C10H18N4O/c1-15-10-7-13(4-2-11)6-9(10)14-5-3-12-8-14/h3,5,8-10H,2,4,6-7,11H2,1H3/t9-,10-/m0/s1. The van der Waals surface area contributed by atoms with Crippen molar-refractivity contribution < 1.29 is 4.74 Å². The van der Waals surface area contributed by atoms with E-state index in [1.807, 2.05) is 12.5 Å². The topological polar surface area (TPSA) is 56.3 Å². The molecule has 5 nitrogen and oxygen atoms in total. The molecule has 0 amide bonds. The first-order valence-corrected chi connectivity index (χ1v) is 5.28. The second-order valence-electron chi connectivity index (χ2n) is 3.90. The summed E-state index contributed by atoms with van der Waals surface area (Å²) in [5.74, 6) is 0. The fraction of sp³-hybridized carbons (Fsp3) is 0.700. The summed E-state index contributed by atoms with van der Waals surface area (Å²) >= 11 is 0. The maximum absolute atomic E-state index is 5.56. The summed E-state index contributed by atoms with van der Waals surface area (Å²) in [6, 6.07) is 0.365. The molecular formula is C10H18N4O. The molecular weight excluding hydrogens is 192 g/mol. The van der Waals surface area contributed by atoms with Crippen LogP contribution in [0, 0.1) is 0 Å². The van der Waals surface area contributed by atoms with Crippen molar-refractivity contribution in [1.82, 2.24) is 14.5 Å². The maximum atomic E-state index is 5.56. The van der Waals surface area contributed by atoms with Crippen LogP contribution in [0.25, 0.3) is 0 Å². The van der Waals surface area contributed by atoms with Gasteiger partial charge in [0.1, 0.15) is 0 Å². The van der Waals surface area contributed by atoms with Gasteiger partial charge in [0.15, 0.2) is 0 Å². The highest BCUT2D eigenvalue weighted by molar-refractivity contribution is 4.92. The summed E-state index contributed by atoms with van der Waals surface area (Å²) in [5, 5.41) is 0. The van der Waals surface area contributed by atoms with Crippen molar-refractivity contribution in [3.63, 3.8) is 0 Å². The van der Waals surface area contributed by atoms with Gasteiger partial charge in [0.25, 0.3) is 0 Å². The SMILES string of the molecule is CO[C@H]1CN(CCN)C[C@@H]1n1ccnc1. The maximum Gasteiger partial charge on any atom is 0.0949 e. The lowest BCUT2D eigenvalue weighted by molar-refractivity contribution is 0.0817. The summed E-state index contributed by atoms with van der Waals surface area (Å²) in [6.07, 6.45) is 5.88. The molecule has 2 rings (SSSR count). The first-order chi connectivity index (χ1) is 7.35. The number of hydrogen-bond acceptors (Lipinski definition) is 4. The lowest BCUT2D eigenvalue weighted by Gasteiger charge is -2.17. The third kappa shape index (κ3) is 2.19. The molecule has 0 bridgehead atoms. The average Bonchev–Trinajstić information content (AvgIpc) is 2.84. The van der Waals surface area contributed by atoms with Crippen LogP contribution in [0.4, 0.5) is 0 Å². The number of imidazole rings is 1. The Bertz CT molecular complexity index is 288. The molecule has 2 heterocycles. The average molecular weight is 210 g/mol. The molecule has 0 aromatic carbocycles. The highest BCUT2D eigenvalue weighted by atomic mass is 16.5. The second-order valence-corrected chi connectivity index (χ2v) is 3.90. The summed E-state index contributed by atoms with van der Waals surface area (Å²) in [4.78, 5) is 6.40. The Morgan fingerprint density at radius 3 is 3.00 bits per heavy atom. The van der Waals surface area contributed by atoms with Gasteiger partial charge in [-0.25, -0.2) is 4.98 Å². The molecule has 15 heavy (non-hydrogen) atoms. The van der Waals surface area contributed by atoms with Crippen LogP contribution in [0.1, 0.15) is 6.04 Å². The summed E-state index contributed by atoms with van der Waals surface area (Å²) < 4.78 is 7.61. The Labute approximate surface area is 89.8 Å². The van der Waals surface area contributed by atoms with E-state index in [-0.39, 0.29) is 6.10 Å². The van der Waals surface area contributed by atoms with Crippen LogP contribution in [-0.4, -0.2) is 53.8 Å². The minimum Gasteiger partial charge on any atom is -0.378 e. The van der Waals surface area contributed by atoms with Crippen LogP contribution >= 0.6 is 0 Å². The molecule has 1 aliphatic rings. The van der Waals surface area contributed by atoms with E-state index in [9.17, 15) is 0 Å². The molecule has 1 aromatic rings. The number of nitrogens with zero attached hydrogens (tertiary/aromatic N) is 3. The van der Waals surface area contributed by atoms with E-state index in [0.717, 1.165) is 19.6 Å². The summed E-state index contributed by atoms with van der Waals surface area (Å²) in [5.41, 5.74) is 5.56. The third-order valence-corrected chi connectivity index (χ3v) is 2.97. The van der Waals surface area contributed by atoms with E-state index in [2.05, 4.69) is 14.5 Å². The molecule has 1 aliphatic heterocycles. The van der Waals surface area contributed by atoms with E-state index >= 15 is 0 Å². The fourth-order valence-corrected chi connectivity index (χ4v) is 2.18. The number of nitrogens with two attached hydrogens (primary N) is 1. The molecule has 84 valence electrons. The number of rotatable bonds is 4. The molecule has 1 fully saturated rings. The molecule has 1 saturated heterocycles. The minimum atomic E-state index is 0.241. The Kier molecular flexibility index (Phi) is 3.35. The van der Waals surface area contributed by atoms with Gasteiger partial charge in [-0.05, 0) is 0 Å². The van der Waals surface area contributed by atoms with Gasteiger partial charge < -0.3 is 15.0 Å². The highest BCUT2D eigenvalue weighted by Crippen LogP contribution is 2.23. The summed E-state index contributed by atoms with van der Waals surface area (Å²) in [7, 11) is 1.76. The lowest BCUT2D eigenvalue weighted by atomic mass is 10.2. The van der Waals surface area contributed by atoms with E-state index in [0.29, 0.717) is 12.6 Å². The van der Waals surface area contributed by atoms with E-state index in [1.165, 1.54) is 0 Å². The molecule has 1 aromatic heterocycles. The Morgan fingerprint density at radius 2 is 2.40 bits per heavy atom. The molecule has 2 atom stereocenters. The smallest absolute Gasteiger partial charge is 0.0949 e. The Hall–Kier alpha value is -0.910. The van der Waals surface area contributed by atoms with Gasteiger partial charge in [-0.1, -0.05) is 0 Å². The van der Waals surface area contributed by atoms with Crippen LogP contribution in [-0.2, 0) is 4.74 Å². The molecule has 0 spiro atoms. The molecule has 0 aliphatic carbocycles. The number of likely N-dealkylation sites (tertiary alicyclic amines) is 1. The number of aromatic nitrogens is 2. The number of hydrogen-bond donors (Lipinski definition) is 1. The molecule has 2 N–H and O–H groups in total. The first kappa shape index (κ1) is 10.6. The van der Waals surface area contributed by atoms with E-state index in [4.69, 9.17) is 10.5 Å². The quantitative estimate of drug-likeness (QED) is 0.742. The molecule has 0 unspecified atom stereocenters. The zero-order valence-electron chi connectivity index (χ0n) is 9.04. The van der Waals surface area contributed by atoms with Crippen LogP contribution < -0.4 is 5.73 Å². The van der Waals surface area contributed by atoms with Crippen molar-refractivity contribution in [2.45, 2.75) is 12.1 Å². The van der Waals surface area contributed by atoms with Gasteiger partial charge in [-0.2, -0.15) is 0 Å². The fourth-order valence-electron chi connectivity index (χ4n) is 2.18. The van der Waals surface area contributed by atoms with Crippen molar-refractivity contribution in [2.24, 2.45) is 5.73 Å². The zero-order valence-corrected chi connectivity index (χ0v) is 9.04.